The number of carboxylic acid groups (broad SMARTS) is 1. The van der Waals surface area contributed by atoms with Crippen molar-refractivity contribution in [3.05, 3.63) is 23.8 Å². The second kappa shape index (κ2) is 7.50. The number of carboxylic acids is 1. The second-order valence-corrected chi connectivity index (χ2v) is 15.1. The molecule has 1 aliphatic heterocycles. The quantitative estimate of drug-likeness (QED) is 0.381. The van der Waals surface area contributed by atoms with E-state index < -0.39 is 17.2 Å². The normalized spacial score (nSPS) is 53.6. The van der Waals surface area contributed by atoms with E-state index in [0.29, 0.717) is 11.8 Å². The summed E-state index contributed by atoms with van der Waals surface area (Å²) in [5.41, 5.74) is 2.68. The average Bonchev–Trinajstić information content (AvgIpc) is 2.80. The minimum Gasteiger partial charge on any atom is -0.481 e. The number of aliphatic carboxylic acids is 1. The molecule has 6 aliphatic rings. The van der Waals surface area contributed by atoms with Gasteiger partial charge in [-0.05, 0) is 106 Å². The van der Waals surface area contributed by atoms with Gasteiger partial charge < -0.3 is 14.6 Å². The van der Waals surface area contributed by atoms with Crippen molar-refractivity contribution >= 4 is 5.97 Å². The first kappa shape index (κ1) is 25.2. The molecule has 1 heterocycles. The zero-order valence-corrected chi connectivity index (χ0v) is 23.5. The molecule has 4 nitrogen and oxygen atoms in total. The fourth-order valence-electron chi connectivity index (χ4n) is 11.1. The highest BCUT2D eigenvalue weighted by atomic mass is 16.7. The third-order valence-electron chi connectivity index (χ3n) is 13.4. The lowest BCUT2D eigenvalue weighted by Gasteiger charge is -2.71. The maximum absolute atomic E-state index is 12.7. The molecule has 0 bridgehead atoms. The van der Waals surface area contributed by atoms with Gasteiger partial charge in [0.1, 0.15) is 0 Å². The van der Waals surface area contributed by atoms with E-state index in [2.05, 4.69) is 54.2 Å². The van der Waals surface area contributed by atoms with Gasteiger partial charge in [-0.2, -0.15) is 0 Å². The standard InChI is InChI=1S/C32H48O4/c1-20-10-15-32(26(33)34)17-16-30(6)21(22(32)18-20)8-9-24-28(4)13-12-25-29(5,19-35-27(2,3)36-25)23(28)11-14-31(24,30)7/h8,22-25H,1,9-19H2,2-7H3,(H,33,34)/t22-,23+,24+,25-,28-,29-,30+,31+,32-/m0/s1. The van der Waals surface area contributed by atoms with Crippen LogP contribution in [0.1, 0.15) is 106 Å². The maximum Gasteiger partial charge on any atom is 0.310 e. The first-order chi connectivity index (χ1) is 16.7. The summed E-state index contributed by atoms with van der Waals surface area (Å²) in [6.45, 7) is 19.4. The topological polar surface area (TPSA) is 55.8 Å². The van der Waals surface area contributed by atoms with E-state index in [0.717, 1.165) is 51.6 Å². The van der Waals surface area contributed by atoms with E-state index in [-0.39, 0.29) is 33.7 Å². The Balaban J connectivity index is 1.39. The molecule has 0 amide bonds. The highest BCUT2D eigenvalue weighted by Crippen LogP contribution is 2.75. The first-order valence-corrected chi connectivity index (χ1v) is 14.6. The third-order valence-corrected chi connectivity index (χ3v) is 13.4. The van der Waals surface area contributed by atoms with E-state index in [4.69, 9.17) is 9.47 Å². The van der Waals surface area contributed by atoms with E-state index >= 15 is 0 Å². The van der Waals surface area contributed by atoms with E-state index in [1.807, 2.05) is 0 Å². The number of hydrogen-bond acceptors (Lipinski definition) is 3. The van der Waals surface area contributed by atoms with Gasteiger partial charge in [0, 0.05) is 11.3 Å². The molecule has 0 radical (unpaired) electrons. The highest BCUT2D eigenvalue weighted by Gasteiger charge is 2.70. The fourth-order valence-corrected chi connectivity index (χ4v) is 11.1. The van der Waals surface area contributed by atoms with Gasteiger partial charge in [-0.25, -0.2) is 0 Å². The molecule has 4 saturated carbocycles. The van der Waals surface area contributed by atoms with Gasteiger partial charge in [0.2, 0.25) is 0 Å². The Labute approximate surface area is 218 Å². The van der Waals surface area contributed by atoms with Crippen LogP contribution >= 0.6 is 0 Å². The van der Waals surface area contributed by atoms with Crippen LogP contribution in [0.3, 0.4) is 0 Å². The monoisotopic (exact) mass is 496 g/mol. The number of ether oxygens (including phenoxy) is 2. The Morgan fingerprint density at radius 3 is 2.44 bits per heavy atom. The van der Waals surface area contributed by atoms with Crippen molar-refractivity contribution in [2.75, 3.05) is 6.61 Å². The van der Waals surface area contributed by atoms with Gasteiger partial charge in [-0.15, -0.1) is 0 Å². The van der Waals surface area contributed by atoms with Crippen LogP contribution in [-0.4, -0.2) is 29.6 Å². The summed E-state index contributed by atoms with van der Waals surface area (Å²) in [6.07, 6.45) is 13.0. The average molecular weight is 497 g/mol. The summed E-state index contributed by atoms with van der Waals surface area (Å²) in [4.78, 5) is 12.7. The van der Waals surface area contributed by atoms with Crippen LogP contribution in [0.4, 0.5) is 0 Å². The summed E-state index contributed by atoms with van der Waals surface area (Å²) in [6, 6.07) is 0. The minimum atomic E-state index is -0.591. The van der Waals surface area contributed by atoms with Gasteiger partial charge in [-0.3, -0.25) is 4.79 Å². The van der Waals surface area contributed by atoms with E-state index in [1.165, 1.54) is 30.4 Å². The zero-order valence-electron chi connectivity index (χ0n) is 23.5. The Kier molecular flexibility index (Phi) is 5.24. The molecule has 200 valence electrons. The van der Waals surface area contributed by atoms with Crippen molar-refractivity contribution < 1.29 is 19.4 Å². The number of fused-ring (bicyclic) bond motifs is 9. The summed E-state index contributed by atoms with van der Waals surface area (Å²) >= 11 is 0. The fraction of sp³-hybridized carbons (Fsp3) is 0.844. The summed E-state index contributed by atoms with van der Waals surface area (Å²) in [5, 5.41) is 10.5. The number of carbonyl (C=O) groups is 1. The predicted molar refractivity (Wildman–Crippen MR) is 141 cm³/mol. The molecule has 36 heavy (non-hydrogen) atoms. The van der Waals surface area contributed by atoms with Crippen LogP contribution in [0.5, 0.6) is 0 Å². The summed E-state index contributed by atoms with van der Waals surface area (Å²) in [7, 11) is 0. The van der Waals surface area contributed by atoms with Crippen molar-refractivity contribution in [2.24, 2.45) is 44.8 Å². The van der Waals surface area contributed by atoms with Gasteiger partial charge in [-0.1, -0.05) is 51.5 Å². The van der Waals surface area contributed by atoms with Crippen molar-refractivity contribution in [3.8, 4) is 0 Å². The van der Waals surface area contributed by atoms with Crippen LogP contribution in [0.15, 0.2) is 23.8 Å². The second-order valence-electron chi connectivity index (χ2n) is 15.1. The maximum atomic E-state index is 12.7. The zero-order chi connectivity index (χ0) is 25.9. The van der Waals surface area contributed by atoms with Crippen molar-refractivity contribution in [2.45, 2.75) is 118 Å². The van der Waals surface area contributed by atoms with Gasteiger partial charge >= 0.3 is 5.97 Å². The van der Waals surface area contributed by atoms with Gasteiger partial charge in [0.25, 0.3) is 0 Å². The van der Waals surface area contributed by atoms with Crippen LogP contribution in [0.25, 0.3) is 0 Å². The van der Waals surface area contributed by atoms with Crippen LogP contribution in [-0.2, 0) is 14.3 Å². The number of rotatable bonds is 1. The Bertz CT molecular complexity index is 1030. The molecule has 9 atom stereocenters. The Morgan fingerprint density at radius 1 is 0.972 bits per heavy atom. The largest absolute Gasteiger partial charge is 0.481 e. The molecular formula is C32H48O4. The molecule has 5 fully saturated rings. The molecule has 1 saturated heterocycles. The molecule has 4 heteroatoms. The van der Waals surface area contributed by atoms with Crippen LogP contribution < -0.4 is 0 Å². The highest BCUT2D eigenvalue weighted by molar-refractivity contribution is 5.77. The molecule has 0 aromatic carbocycles. The molecule has 0 unspecified atom stereocenters. The van der Waals surface area contributed by atoms with Crippen LogP contribution in [0.2, 0.25) is 0 Å². The van der Waals surface area contributed by atoms with E-state index in [1.54, 1.807) is 0 Å². The lowest BCUT2D eigenvalue weighted by molar-refractivity contribution is -0.351. The van der Waals surface area contributed by atoms with Crippen molar-refractivity contribution in [3.63, 3.8) is 0 Å². The van der Waals surface area contributed by atoms with Gasteiger partial charge in [0.15, 0.2) is 5.79 Å². The minimum absolute atomic E-state index is 0.0564. The molecule has 0 aromatic rings. The predicted octanol–water partition coefficient (Wildman–Crippen LogP) is 7.53. The smallest absolute Gasteiger partial charge is 0.310 e. The van der Waals surface area contributed by atoms with Crippen LogP contribution in [0, 0.1) is 44.8 Å². The lowest BCUT2D eigenvalue weighted by Crippen LogP contribution is -2.67. The van der Waals surface area contributed by atoms with Crippen molar-refractivity contribution in [1.29, 1.82) is 0 Å². The first-order valence-electron chi connectivity index (χ1n) is 14.6. The number of allylic oxidation sites excluding steroid dienone is 3. The SMILES string of the molecule is C=C1CC[C@]2(C(=O)O)CC[C@]3(C)C(=CC[C@@H]4[C@@]5(C)CC[C@@H]6OC(C)(C)OC[C@@]6(C)[C@@H]5CC[C@]43C)[C@@H]2C1. The van der Waals surface area contributed by atoms with E-state index in [9.17, 15) is 9.90 Å². The Morgan fingerprint density at radius 2 is 1.72 bits per heavy atom. The summed E-state index contributed by atoms with van der Waals surface area (Å²) < 4.78 is 12.8. The lowest BCUT2D eigenvalue weighted by atomic mass is 9.33. The molecular weight excluding hydrogens is 448 g/mol. The molecule has 6 rings (SSSR count). The Hall–Kier alpha value is -1.13. The van der Waals surface area contributed by atoms with Gasteiger partial charge in [0.05, 0.1) is 18.1 Å². The molecule has 1 N–H and O–H groups in total. The summed E-state index contributed by atoms with van der Waals surface area (Å²) in [5.74, 6) is 0.257. The molecule has 0 aromatic heterocycles. The third kappa shape index (κ3) is 2.98. The molecule has 5 aliphatic carbocycles. The van der Waals surface area contributed by atoms with Crippen molar-refractivity contribution in [1.82, 2.24) is 0 Å². The number of hydrogen-bond donors (Lipinski definition) is 1. The molecule has 0 spiro atoms.